The second kappa shape index (κ2) is 8.05. The molecule has 0 atom stereocenters. The third-order valence-electron chi connectivity index (χ3n) is 2.90. The number of aliphatic hydroxyl groups excluding tert-OH is 2. The molecule has 0 amide bonds. The van der Waals surface area contributed by atoms with Crippen molar-refractivity contribution in [2.75, 3.05) is 39.5 Å². The number of rotatable bonds is 8. The van der Waals surface area contributed by atoms with E-state index in [2.05, 4.69) is 0 Å². The van der Waals surface area contributed by atoms with Gasteiger partial charge in [0.2, 0.25) is 0 Å². The average molecular weight is 217 g/mol. The van der Waals surface area contributed by atoms with E-state index >= 15 is 0 Å². The Kier molecular flexibility index (Phi) is 6.92. The van der Waals surface area contributed by atoms with Crippen LogP contribution in [0.15, 0.2) is 0 Å². The largest absolute Gasteiger partial charge is 0.395 e. The molecule has 1 rings (SSSR count). The van der Waals surface area contributed by atoms with Crippen molar-refractivity contribution in [3.05, 3.63) is 0 Å². The summed E-state index contributed by atoms with van der Waals surface area (Å²) in [5, 5.41) is 17.6. The zero-order valence-electron chi connectivity index (χ0n) is 9.40. The van der Waals surface area contributed by atoms with Crippen molar-refractivity contribution in [3.8, 4) is 0 Å². The van der Waals surface area contributed by atoms with Gasteiger partial charge in [0.25, 0.3) is 0 Å². The van der Waals surface area contributed by atoms with Crippen LogP contribution in [0.5, 0.6) is 0 Å². The molecule has 0 aromatic carbocycles. The molecular weight excluding hydrogens is 194 g/mol. The van der Waals surface area contributed by atoms with Crippen molar-refractivity contribution in [2.24, 2.45) is 0 Å². The molecule has 15 heavy (non-hydrogen) atoms. The Labute approximate surface area is 91.8 Å². The van der Waals surface area contributed by atoms with Gasteiger partial charge in [-0.3, -0.25) is 4.90 Å². The van der Waals surface area contributed by atoms with Crippen molar-refractivity contribution < 1.29 is 14.9 Å². The highest BCUT2D eigenvalue weighted by Gasteiger charge is 2.15. The summed E-state index contributed by atoms with van der Waals surface area (Å²) < 4.78 is 5.72. The van der Waals surface area contributed by atoms with E-state index in [0.29, 0.717) is 25.8 Å². The number of hydrogen-bond donors (Lipinski definition) is 2. The van der Waals surface area contributed by atoms with Crippen LogP contribution in [0, 0.1) is 0 Å². The quantitative estimate of drug-likeness (QED) is 0.611. The summed E-state index contributed by atoms with van der Waals surface area (Å²) in [4.78, 5) is 2.02. The molecule has 1 aliphatic rings. The van der Waals surface area contributed by atoms with Gasteiger partial charge in [-0.05, 0) is 12.8 Å². The normalized spacial score (nSPS) is 17.8. The molecule has 0 bridgehead atoms. The highest BCUT2D eigenvalue weighted by molar-refractivity contribution is 4.67. The predicted octanol–water partition coefficient (Wildman–Crippen LogP) is 0.232. The van der Waals surface area contributed by atoms with Crippen molar-refractivity contribution >= 4 is 0 Å². The molecule has 1 saturated carbocycles. The van der Waals surface area contributed by atoms with Gasteiger partial charge >= 0.3 is 0 Å². The fourth-order valence-electron chi connectivity index (χ4n) is 2.02. The Morgan fingerprint density at radius 1 is 1.00 bits per heavy atom. The molecule has 4 nitrogen and oxygen atoms in total. The lowest BCUT2D eigenvalue weighted by Crippen LogP contribution is -2.33. The molecule has 0 aliphatic heterocycles. The molecule has 0 saturated heterocycles. The van der Waals surface area contributed by atoms with Crippen LogP contribution >= 0.6 is 0 Å². The van der Waals surface area contributed by atoms with Crippen molar-refractivity contribution in [1.82, 2.24) is 4.90 Å². The zero-order chi connectivity index (χ0) is 10.9. The maximum absolute atomic E-state index is 8.81. The Hall–Kier alpha value is -0.160. The zero-order valence-corrected chi connectivity index (χ0v) is 9.40. The topological polar surface area (TPSA) is 52.9 Å². The number of hydrogen-bond acceptors (Lipinski definition) is 4. The third kappa shape index (κ3) is 5.47. The van der Waals surface area contributed by atoms with Crippen molar-refractivity contribution in [1.29, 1.82) is 0 Å². The van der Waals surface area contributed by atoms with Crippen LogP contribution in [0.2, 0.25) is 0 Å². The third-order valence-corrected chi connectivity index (χ3v) is 2.90. The van der Waals surface area contributed by atoms with Crippen LogP contribution < -0.4 is 0 Å². The molecule has 0 unspecified atom stereocenters. The lowest BCUT2D eigenvalue weighted by Gasteiger charge is -2.21. The molecular formula is C11H23NO3. The van der Waals surface area contributed by atoms with Gasteiger partial charge in [0, 0.05) is 19.6 Å². The summed E-state index contributed by atoms with van der Waals surface area (Å²) in [6.07, 6.45) is 5.43. The predicted molar refractivity (Wildman–Crippen MR) is 58.8 cm³/mol. The van der Waals surface area contributed by atoms with Crippen LogP contribution in [0.4, 0.5) is 0 Å². The van der Waals surface area contributed by atoms with Gasteiger partial charge in [-0.2, -0.15) is 0 Å². The molecule has 1 aliphatic carbocycles. The van der Waals surface area contributed by atoms with E-state index < -0.39 is 0 Å². The van der Waals surface area contributed by atoms with Crippen molar-refractivity contribution in [2.45, 2.75) is 31.8 Å². The van der Waals surface area contributed by atoms with Crippen LogP contribution in [-0.2, 0) is 4.74 Å². The second-order valence-corrected chi connectivity index (χ2v) is 4.07. The van der Waals surface area contributed by atoms with E-state index in [9.17, 15) is 0 Å². The summed E-state index contributed by atoms with van der Waals surface area (Å²) in [6, 6.07) is 0. The summed E-state index contributed by atoms with van der Waals surface area (Å²) in [5.74, 6) is 0. The Morgan fingerprint density at radius 2 is 1.60 bits per heavy atom. The highest BCUT2D eigenvalue weighted by Crippen LogP contribution is 2.20. The number of nitrogens with zero attached hydrogens (tertiary/aromatic N) is 1. The van der Waals surface area contributed by atoms with E-state index in [0.717, 1.165) is 6.54 Å². The summed E-state index contributed by atoms with van der Waals surface area (Å²) in [6.45, 7) is 3.04. The van der Waals surface area contributed by atoms with Gasteiger partial charge in [0.05, 0.1) is 25.9 Å². The lowest BCUT2D eigenvalue weighted by atomic mass is 10.3. The first kappa shape index (κ1) is 12.9. The van der Waals surface area contributed by atoms with E-state index in [1.54, 1.807) is 0 Å². The van der Waals surface area contributed by atoms with Gasteiger partial charge in [0.15, 0.2) is 0 Å². The molecule has 0 spiro atoms. The Morgan fingerprint density at radius 3 is 2.13 bits per heavy atom. The monoisotopic (exact) mass is 217 g/mol. The van der Waals surface area contributed by atoms with E-state index in [1.165, 1.54) is 25.7 Å². The van der Waals surface area contributed by atoms with Gasteiger partial charge in [-0.15, -0.1) is 0 Å². The smallest absolute Gasteiger partial charge is 0.0597 e. The SMILES string of the molecule is OCCN(CCO)CCOC1CCCC1. The molecule has 0 heterocycles. The number of aliphatic hydroxyl groups is 2. The van der Waals surface area contributed by atoms with Crippen LogP contribution in [0.3, 0.4) is 0 Å². The van der Waals surface area contributed by atoms with E-state index in [-0.39, 0.29) is 13.2 Å². The first-order chi connectivity index (χ1) is 7.36. The standard InChI is InChI=1S/C11H23NO3/c13-8-5-12(6-9-14)7-10-15-11-3-1-2-4-11/h11,13-14H,1-10H2. The fraction of sp³-hybridized carbons (Fsp3) is 1.00. The first-order valence-corrected chi connectivity index (χ1v) is 5.92. The van der Waals surface area contributed by atoms with Gasteiger partial charge in [-0.1, -0.05) is 12.8 Å². The summed E-state index contributed by atoms with van der Waals surface area (Å²) >= 11 is 0. The summed E-state index contributed by atoms with van der Waals surface area (Å²) in [7, 11) is 0. The van der Waals surface area contributed by atoms with Crippen LogP contribution in [0.1, 0.15) is 25.7 Å². The van der Waals surface area contributed by atoms with Crippen LogP contribution in [-0.4, -0.2) is 60.7 Å². The Bertz CT molecular complexity index is 143. The lowest BCUT2D eigenvalue weighted by molar-refractivity contribution is 0.0359. The highest BCUT2D eigenvalue weighted by atomic mass is 16.5. The first-order valence-electron chi connectivity index (χ1n) is 5.92. The maximum atomic E-state index is 8.81. The maximum Gasteiger partial charge on any atom is 0.0597 e. The molecule has 1 fully saturated rings. The minimum atomic E-state index is 0.142. The average Bonchev–Trinajstić information content (AvgIpc) is 2.71. The van der Waals surface area contributed by atoms with Gasteiger partial charge in [-0.25, -0.2) is 0 Å². The van der Waals surface area contributed by atoms with Crippen molar-refractivity contribution in [3.63, 3.8) is 0 Å². The molecule has 90 valence electrons. The molecule has 0 aromatic heterocycles. The molecule has 0 radical (unpaired) electrons. The second-order valence-electron chi connectivity index (χ2n) is 4.07. The van der Waals surface area contributed by atoms with E-state index in [1.807, 2.05) is 4.90 Å². The minimum Gasteiger partial charge on any atom is -0.395 e. The van der Waals surface area contributed by atoms with Crippen LogP contribution in [0.25, 0.3) is 0 Å². The fourth-order valence-corrected chi connectivity index (χ4v) is 2.02. The number of ether oxygens (including phenoxy) is 1. The summed E-state index contributed by atoms with van der Waals surface area (Å²) in [5.41, 5.74) is 0. The molecule has 0 aromatic rings. The van der Waals surface area contributed by atoms with E-state index in [4.69, 9.17) is 14.9 Å². The minimum absolute atomic E-state index is 0.142. The molecule has 2 N–H and O–H groups in total. The van der Waals surface area contributed by atoms with Gasteiger partial charge < -0.3 is 14.9 Å². The molecule has 4 heteroatoms. The van der Waals surface area contributed by atoms with Gasteiger partial charge in [0.1, 0.15) is 0 Å². The Balaban J connectivity index is 2.04.